The fraction of sp³-hybridized carbons (Fsp3) is 1.00. The zero-order valence-corrected chi connectivity index (χ0v) is 10.4. The minimum absolute atomic E-state index is 0.171. The molecule has 0 radical (unpaired) electrons. The minimum atomic E-state index is 0.171. The van der Waals surface area contributed by atoms with Gasteiger partial charge in [-0.15, -0.1) is 0 Å². The Morgan fingerprint density at radius 1 is 1.67 bits per heavy atom. The summed E-state index contributed by atoms with van der Waals surface area (Å²) in [5.74, 6) is 0.699. The molecule has 0 spiro atoms. The number of hydrogen-bond donors (Lipinski definition) is 0. The standard InChI is InChI=1S/C10H19IO/c1-4-8(2)10(3)6-5-9(7-11)12-10/h8-9H,4-7H2,1-3H3. The van der Waals surface area contributed by atoms with Crippen molar-refractivity contribution in [2.75, 3.05) is 4.43 Å². The maximum Gasteiger partial charge on any atom is 0.0684 e. The lowest BCUT2D eigenvalue weighted by Gasteiger charge is -2.30. The average molecular weight is 282 g/mol. The van der Waals surface area contributed by atoms with Gasteiger partial charge < -0.3 is 4.74 Å². The van der Waals surface area contributed by atoms with E-state index < -0.39 is 0 Å². The van der Waals surface area contributed by atoms with E-state index in [1.807, 2.05) is 0 Å². The van der Waals surface area contributed by atoms with Crippen LogP contribution in [0, 0.1) is 5.92 Å². The first-order valence-corrected chi connectivity index (χ1v) is 6.38. The molecule has 0 aromatic rings. The Balaban J connectivity index is 2.51. The summed E-state index contributed by atoms with van der Waals surface area (Å²) in [6.07, 6.45) is 4.24. The van der Waals surface area contributed by atoms with Crippen molar-refractivity contribution in [3.05, 3.63) is 0 Å². The minimum Gasteiger partial charge on any atom is -0.371 e. The van der Waals surface area contributed by atoms with Gasteiger partial charge in [0.25, 0.3) is 0 Å². The maximum absolute atomic E-state index is 6.04. The first-order valence-electron chi connectivity index (χ1n) is 4.86. The van der Waals surface area contributed by atoms with Crippen molar-refractivity contribution in [1.29, 1.82) is 0 Å². The lowest BCUT2D eigenvalue weighted by Crippen LogP contribution is -2.33. The summed E-state index contributed by atoms with van der Waals surface area (Å²) in [6.45, 7) is 6.82. The van der Waals surface area contributed by atoms with Gasteiger partial charge in [-0.2, -0.15) is 0 Å². The van der Waals surface area contributed by atoms with Crippen LogP contribution in [0.3, 0.4) is 0 Å². The molecule has 1 rings (SSSR count). The van der Waals surface area contributed by atoms with E-state index in [4.69, 9.17) is 4.74 Å². The fourth-order valence-electron chi connectivity index (χ4n) is 1.85. The van der Waals surface area contributed by atoms with E-state index in [1.165, 1.54) is 19.3 Å². The van der Waals surface area contributed by atoms with Crippen LogP contribution < -0.4 is 0 Å². The fourth-order valence-corrected chi connectivity index (χ4v) is 2.47. The van der Waals surface area contributed by atoms with Gasteiger partial charge in [-0.3, -0.25) is 0 Å². The smallest absolute Gasteiger partial charge is 0.0684 e. The van der Waals surface area contributed by atoms with E-state index in [9.17, 15) is 0 Å². The number of ether oxygens (including phenoxy) is 1. The Bertz CT molecular complexity index is 149. The van der Waals surface area contributed by atoms with Gasteiger partial charge in [-0.1, -0.05) is 42.9 Å². The summed E-state index contributed by atoms with van der Waals surface area (Å²) in [7, 11) is 0. The molecule has 3 atom stereocenters. The summed E-state index contributed by atoms with van der Waals surface area (Å²) < 4.78 is 7.19. The molecule has 0 bridgehead atoms. The number of hydrogen-bond acceptors (Lipinski definition) is 1. The number of halogens is 1. The summed E-state index contributed by atoms with van der Waals surface area (Å²) >= 11 is 2.42. The summed E-state index contributed by atoms with van der Waals surface area (Å²) in [6, 6.07) is 0. The van der Waals surface area contributed by atoms with Crippen LogP contribution in [0.15, 0.2) is 0 Å². The molecule has 1 aliphatic heterocycles. The highest BCUT2D eigenvalue weighted by molar-refractivity contribution is 14.1. The van der Waals surface area contributed by atoms with E-state index in [-0.39, 0.29) is 5.60 Å². The second-order valence-corrected chi connectivity index (χ2v) is 4.94. The first kappa shape index (κ1) is 10.8. The Kier molecular flexibility index (Phi) is 3.83. The van der Waals surface area contributed by atoms with E-state index >= 15 is 0 Å². The van der Waals surface area contributed by atoms with Gasteiger partial charge in [-0.25, -0.2) is 0 Å². The van der Waals surface area contributed by atoms with Gasteiger partial charge >= 0.3 is 0 Å². The van der Waals surface area contributed by atoms with Gasteiger partial charge in [0.2, 0.25) is 0 Å². The number of alkyl halides is 1. The molecule has 1 saturated heterocycles. The molecule has 0 amide bonds. The SMILES string of the molecule is CCC(C)C1(C)CCC(CI)O1. The lowest BCUT2D eigenvalue weighted by molar-refractivity contribution is -0.0546. The molecule has 0 N–H and O–H groups in total. The third-order valence-corrected chi connectivity index (χ3v) is 4.21. The molecule has 0 saturated carbocycles. The van der Waals surface area contributed by atoms with Crippen molar-refractivity contribution < 1.29 is 4.74 Å². The van der Waals surface area contributed by atoms with Crippen molar-refractivity contribution >= 4 is 22.6 Å². The predicted molar refractivity (Wildman–Crippen MR) is 60.9 cm³/mol. The molecule has 1 aliphatic rings. The Morgan fingerprint density at radius 2 is 2.33 bits per heavy atom. The lowest BCUT2D eigenvalue weighted by atomic mass is 9.86. The second kappa shape index (κ2) is 4.27. The van der Waals surface area contributed by atoms with Crippen molar-refractivity contribution in [1.82, 2.24) is 0 Å². The van der Waals surface area contributed by atoms with Crippen LogP contribution in [0.1, 0.15) is 40.0 Å². The van der Waals surface area contributed by atoms with Crippen molar-refractivity contribution in [2.24, 2.45) is 5.92 Å². The van der Waals surface area contributed by atoms with E-state index in [0.29, 0.717) is 12.0 Å². The van der Waals surface area contributed by atoms with Gasteiger partial charge in [0.05, 0.1) is 11.7 Å². The van der Waals surface area contributed by atoms with Gasteiger partial charge in [0.1, 0.15) is 0 Å². The van der Waals surface area contributed by atoms with Gasteiger partial charge in [0, 0.05) is 4.43 Å². The highest BCUT2D eigenvalue weighted by Crippen LogP contribution is 2.37. The normalized spacial score (nSPS) is 38.5. The quantitative estimate of drug-likeness (QED) is 0.569. The van der Waals surface area contributed by atoms with Crippen LogP contribution in [-0.4, -0.2) is 16.1 Å². The molecule has 2 heteroatoms. The summed E-state index contributed by atoms with van der Waals surface area (Å²) in [5, 5.41) is 0. The third-order valence-electron chi connectivity index (χ3n) is 3.23. The van der Waals surface area contributed by atoms with Crippen LogP contribution in [0.2, 0.25) is 0 Å². The van der Waals surface area contributed by atoms with E-state index in [0.717, 1.165) is 4.43 Å². The van der Waals surface area contributed by atoms with Gasteiger partial charge in [0.15, 0.2) is 0 Å². The largest absolute Gasteiger partial charge is 0.371 e. The average Bonchev–Trinajstić information content (AvgIpc) is 2.47. The molecule has 1 fully saturated rings. The van der Waals surface area contributed by atoms with Crippen LogP contribution in [-0.2, 0) is 4.74 Å². The predicted octanol–water partition coefficient (Wildman–Crippen LogP) is 3.41. The molecule has 0 aliphatic carbocycles. The molecule has 1 nitrogen and oxygen atoms in total. The second-order valence-electron chi connectivity index (χ2n) is 4.05. The zero-order valence-electron chi connectivity index (χ0n) is 8.27. The Hall–Kier alpha value is 0.690. The van der Waals surface area contributed by atoms with Crippen molar-refractivity contribution in [3.63, 3.8) is 0 Å². The molecule has 0 aromatic carbocycles. The molecular weight excluding hydrogens is 263 g/mol. The molecule has 3 unspecified atom stereocenters. The monoisotopic (exact) mass is 282 g/mol. The Labute approximate surface area is 89.4 Å². The van der Waals surface area contributed by atoms with E-state index in [1.54, 1.807) is 0 Å². The zero-order chi connectivity index (χ0) is 9.19. The molecule has 72 valence electrons. The van der Waals surface area contributed by atoms with Gasteiger partial charge in [-0.05, 0) is 25.7 Å². The van der Waals surface area contributed by atoms with Crippen LogP contribution >= 0.6 is 22.6 Å². The van der Waals surface area contributed by atoms with Crippen LogP contribution in [0.25, 0.3) is 0 Å². The van der Waals surface area contributed by atoms with Crippen molar-refractivity contribution in [3.8, 4) is 0 Å². The van der Waals surface area contributed by atoms with Crippen LogP contribution in [0.4, 0.5) is 0 Å². The van der Waals surface area contributed by atoms with E-state index in [2.05, 4.69) is 43.4 Å². The Morgan fingerprint density at radius 3 is 2.75 bits per heavy atom. The molecule has 1 heterocycles. The number of rotatable bonds is 3. The molecule has 0 aromatic heterocycles. The van der Waals surface area contributed by atoms with Crippen LogP contribution in [0.5, 0.6) is 0 Å². The van der Waals surface area contributed by atoms with Crippen molar-refractivity contribution in [2.45, 2.75) is 51.7 Å². The summed E-state index contributed by atoms with van der Waals surface area (Å²) in [5.41, 5.74) is 0.171. The molecular formula is C10H19IO. The maximum atomic E-state index is 6.04. The topological polar surface area (TPSA) is 9.23 Å². The summed E-state index contributed by atoms with van der Waals surface area (Å²) in [4.78, 5) is 0. The highest BCUT2D eigenvalue weighted by Gasteiger charge is 2.38. The third kappa shape index (κ3) is 2.13. The highest BCUT2D eigenvalue weighted by atomic mass is 127. The molecule has 12 heavy (non-hydrogen) atoms. The first-order chi connectivity index (χ1) is 5.62.